The number of thioether (sulfide) groups is 1. The molecule has 7 atom stereocenters. The van der Waals surface area contributed by atoms with E-state index in [2.05, 4.69) is 10.3 Å². The van der Waals surface area contributed by atoms with Crippen LogP contribution in [0, 0.1) is 29.6 Å². The summed E-state index contributed by atoms with van der Waals surface area (Å²) in [5, 5.41) is 3.75. The number of methoxy groups -OCH3 is 1. The fourth-order valence-corrected chi connectivity index (χ4v) is 10.7. The number of hydrogen-bond acceptors (Lipinski definition) is 9. The van der Waals surface area contributed by atoms with Crippen molar-refractivity contribution in [1.29, 1.82) is 0 Å². The minimum absolute atomic E-state index is 0.00754. The zero-order valence-corrected chi connectivity index (χ0v) is 25.7. The molecule has 2 aliphatic heterocycles. The summed E-state index contributed by atoms with van der Waals surface area (Å²) in [5.74, 6) is -1.13. The minimum Gasteiger partial charge on any atom is -0.497 e. The molecule has 228 valence electrons. The molecule has 2 saturated carbocycles. The SMILES string of the molecule is CCOC(=O)c1ccc(NC(=O)CCN2C(=O)C3C4CC(C3C2=O)C2C(c3ccc(OC)cc3)c3sc(=O)[nH]c3SC42)cc1. The first-order valence-electron chi connectivity index (χ1n) is 14.7. The molecule has 2 N–H and O–H groups in total. The van der Waals surface area contributed by atoms with Crippen LogP contribution >= 0.6 is 23.1 Å². The van der Waals surface area contributed by atoms with Gasteiger partial charge in [-0.2, -0.15) is 0 Å². The van der Waals surface area contributed by atoms with Crippen LogP contribution in [-0.4, -0.2) is 59.1 Å². The number of aromatic nitrogens is 1. The van der Waals surface area contributed by atoms with Gasteiger partial charge in [0, 0.05) is 34.7 Å². The lowest BCUT2D eigenvalue weighted by Crippen LogP contribution is -2.42. The van der Waals surface area contributed by atoms with Gasteiger partial charge in [-0.25, -0.2) is 4.79 Å². The van der Waals surface area contributed by atoms with Crippen molar-refractivity contribution in [2.24, 2.45) is 29.6 Å². The summed E-state index contributed by atoms with van der Waals surface area (Å²) in [7, 11) is 1.62. The first-order chi connectivity index (χ1) is 21.3. The number of hydrogen-bond donors (Lipinski definition) is 2. The summed E-state index contributed by atoms with van der Waals surface area (Å²) < 4.78 is 10.3. The largest absolute Gasteiger partial charge is 0.497 e. The van der Waals surface area contributed by atoms with Crippen LogP contribution in [0.25, 0.3) is 0 Å². The second-order valence-corrected chi connectivity index (χ2v) is 13.9. The van der Waals surface area contributed by atoms with E-state index in [0.717, 1.165) is 27.6 Å². The number of fused-ring (bicyclic) bond motifs is 9. The van der Waals surface area contributed by atoms with Crippen molar-refractivity contribution in [3.8, 4) is 5.75 Å². The van der Waals surface area contributed by atoms with Crippen LogP contribution in [0.4, 0.5) is 5.69 Å². The van der Waals surface area contributed by atoms with Crippen molar-refractivity contribution < 1.29 is 28.7 Å². The van der Waals surface area contributed by atoms with Crippen molar-refractivity contribution in [1.82, 2.24) is 9.88 Å². The standard InChI is InChI=1S/C32H31N3O7S2/c1-3-42-31(39)16-4-8-17(9-5-16)33-21(36)12-13-35-29(37)24-19-14-20(25(24)30(35)38)26-23(19)22(15-6-10-18(41-2)11-7-15)27-28(43-26)34-32(40)44-27/h4-11,19-20,22-26H,3,12-14H2,1-2H3,(H,33,36)(H,34,40). The second kappa shape index (κ2) is 11.2. The summed E-state index contributed by atoms with van der Waals surface area (Å²) >= 11 is 2.88. The molecule has 44 heavy (non-hydrogen) atoms. The molecule has 1 saturated heterocycles. The van der Waals surface area contributed by atoms with E-state index in [9.17, 15) is 24.0 Å². The lowest BCUT2D eigenvalue weighted by atomic mass is 9.68. The molecule has 12 heteroatoms. The molecule has 2 bridgehead atoms. The highest BCUT2D eigenvalue weighted by molar-refractivity contribution is 8.00. The number of carbonyl (C=O) groups is 4. The molecule has 7 rings (SSSR count). The van der Waals surface area contributed by atoms with Crippen LogP contribution in [0.15, 0.2) is 58.4 Å². The number of H-pyrrole nitrogens is 1. The van der Waals surface area contributed by atoms with Crippen molar-refractivity contribution in [3.63, 3.8) is 0 Å². The van der Waals surface area contributed by atoms with Crippen LogP contribution in [0.1, 0.15) is 46.5 Å². The Morgan fingerprint density at radius 3 is 2.39 bits per heavy atom. The maximum atomic E-state index is 13.8. The average Bonchev–Trinajstić information content (AvgIpc) is 3.75. The molecule has 0 spiro atoms. The van der Waals surface area contributed by atoms with E-state index >= 15 is 0 Å². The summed E-state index contributed by atoms with van der Waals surface area (Å²) in [6.07, 6.45) is 0.775. The Bertz CT molecular complexity index is 1700. The van der Waals surface area contributed by atoms with Crippen LogP contribution in [0.5, 0.6) is 5.75 Å². The summed E-state index contributed by atoms with van der Waals surface area (Å²) in [6.45, 7) is 2.02. The molecule has 3 amide bonds. The number of carbonyl (C=O) groups excluding carboxylic acids is 4. The van der Waals surface area contributed by atoms with E-state index < -0.39 is 17.8 Å². The van der Waals surface area contributed by atoms with E-state index in [4.69, 9.17) is 9.47 Å². The van der Waals surface area contributed by atoms with Crippen LogP contribution in [0.3, 0.4) is 0 Å². The number of nitrogens with one attached hydrogen (secondary N) is 2. The monoisotopic (exact) mass is 633 g/mol. The number of thiazole rings is 1. The predicted molar refractivity (Wildman–Crippen MR) is 164 cm³/mol. The smallest absolute Gasteiger partial charge is 0.338 e. The van der Waals surface area contributed by atoms with Crippen molar-refractivity contribution in [2.45, 2.75) is 36.0 Å². The van der Waals surface area contributed by atoms with E-state index in [1.54, 1.807) is 50.1 Å². The maximum Gasteiger partial charge on any atom is 0.338 e. The number of aromatic amines is 1. The summed E-state index contributed by atoms with van der Waals surface area (Å²) in [5.41, 5.74) is 1.96. The van der Waals surface area contributed by atoms with E-state index in [1.165, 1.54) is 16.2 Å². The van der Waals surface area contributed by atoms with E-state index in [-0.39, 0.29) is 71.1 Å². The fraction of sp³-hybridized carbons (Fsp3) is 0.406. The molecule has 3 fully saturated rings. The number of rotatable bonds is 8. The zero-order chi connectivity index (χ0) is 30.7. The highest BCUT2D eigenvalue weighted by Crippen LogP contribution is 2.68. The van der Waals surface area contributed by atoms with Gasteiger partial charge in [0.15, 0.2) is 0 Å². The number of likely N-dealkylation sites (tertiary alicyclic amines) is 1. The Labute approximate surface area is 261 Å². The maximum absolute atomic E-state index is 13.8. The van der Waals surface area contributed by atoms with Gasteiger partial charge in [-0.1, -0.05) is 23.5 Å². The topological polar surface area (TPSA) is 135 Å². The Morgan fingerprint density at radius 2 is 1.70 bits per heavy atom. The molecule has 4 aliphatic rings. The van der Waals surface area contributed by atoms with Crippen molar-refractivity contribution in [2.75, 3.05) is 25.6 Å². The Morgan fingerprint density at radius 1 is 1.00 bits per heavy atom. The highest BCUT2D eigenvalue weighted by Gasteiger charge is 2.69. The van der Waals surface area contributed by atoms with Gasteiger partial charge in [0.25, 0.3) is 0 Å². The third-order valence-corrected chi connectivity index (χ3v) is 12.1. The van der Waals surface area contributed by atoms with Crippen molar-refractivity contribution in [3.05, 3.63) is 74.2 Å². The molecule has 0 radical (unpaired) electrons. The quantitative estimate of drug-likeness (QED) is 0.280. The molecule has 2 aliphatic carbocycles. The Hall–Kier alpha value is -3.90. The lowest BCUT2D eigenvalue weighted by molar-refractivity contribution is -0.141. The minimum atomic E-state index is -0.437. The van der Waals surface area contributed by atoms with Gasteiger partial charge in [-0.3, -0.25) is 24.1 Å². The predicted octanol–water partition coefficient (Wildman–Crippen LogP) is 4.12. The first kappa shape index (κ1) is 28.8. The van der Waals surface area contributed by atoms with Gasteiger partial charge >= 0.3 is 10.8 Å². The number of amides is 3. The van der Waals surface area contributed by atoms with Crippen molar-refractivity contribution >= 4 is 52.5 Å². The van der Waals surface area contributed by atoms with Gasteiger partial charge in [0.2, 0.25) is 17.7 Å². The second-order valence-electron chi connectivity index (χ2n) is 11.7. The summed E-state index contributed by atoms with van der Waals surface area (Å²) in [6, 6.07) is 14.3. The number of imide groups is 1. The first-order valence-corrected chi connectivity index (χ1v) is 16.4. The van der Waals surface area contributed by atoms with Gasteiger partial charge in [-0.05, 0) is 73.1 Å². The average molecular weight is 634 g/mol. The molecule has 3 aromatic rings. The lowest BCUT2D eigenvalue weighted by Gasteiger charge is -2.43. The molecule has 7 unspecified atom stereocenters. The third-order valence-electron chi connectivity index (χ3n) is 9.53. The van der Waals surface area contributed by atoms with Crippen LogP contribution in [0.2, 0.25) is 0 Å². The number of nitrogens with zero attached hydrogens (tertiary/aromatic N) is 1. The summed E-state index contributed by atoms with van der Waals surface area (Å²) in [4.78, 5) is 69.8. The zero-order valence-electron chi connectivity index (χ0n) is 24.1. The van der Waals surface area contributed by atoms with Crippen LogP contribution < -0.4 is 14.9 Å². The molecule has 1 aromatic heterocycles. The molecule has 3 heterocycles. The fourth-order valence-electron chi connectivity index (χ4n) is 7.82. The Balaban J connectivity index is 1.07. The molecule has 10 nitrogen and oxygen atoms in total. The van der Waals surface area contributed by atoms with Gasteiger partial charge in [0.05, 0.1) is 36.1 Å². The van der Waals surface area contributed by atoms with E-state index in [0.29, 0.717) is 11.3 Å². The highest BCUT2D eigenvalue weighted by atomic mass is 32.2. The van der Waals surface area contributed by atoms with Gasteiger partial charge in [0.1, 0.15) is 5.75 Å². The van der Waals surface area contributed by atoms with Gasteiger partial charge < -0.3 is 19.8 Å². The Kier molecular flexibility index (Phi) is 7.36. The number of esters is 1. The molecule has 2 aromatic carbocycles. The van der Waals surface area contributed by atoms with Crippen LogP contribution in [-0.2, 0) is 19.1 Å². The van der Waals surface area contributed by atoms with E-state index in [1.807, 2.05) is 24.3 Å². The van der Waals surface area contributed by atoms with Gasteiger partial charge in [-0.15, -0.1) is 11.8 Å². The number of ether oxygens (including phenoxy) is 2. The third kappa shape index (κ3) is 4.66. The number of anilines is 1. The number of benzene rings is 2. The normalized spacial score (nSPS) is 28.0. The molecular weight excluding hydrogens is 603 g/mol. The molecular formula is C32H31N3O7S2.